The summed E-state index contributed by atoms with van der Waals surface area (Å²) in [5, 5.41) is 10.2. The predicted molar refractivity (Wildman–Crippen MR) is 76.6 cm³/mol. The van der Waals surface area contributed by atoms with Crippen molar-refractivity contribution in [2.45, 2.75) is 6.92 Å². The Morgan fingerprint density at radius 1 is 1.14 bits per heavy atom. The molecular weight excluding hydrogens is 275 g/mol. The average Bonchev–Trinajstić information content (AvgIpc) is 2.46. The molecule has 0 unspecified atom stereocenters. The summed E-state index contributed by atoms with van der Waals surface area (Å²) in [4.78, 5) is 23.0. The number of hydrogen-bond donors (Lipinski definition) is 2. The molecule has 2 aromatic carbocycles. The van der Waals surface area contributed by atoms with E-state index >= 15 is 0 Å². The Labute approximate surface area is 120 Å². The smallest absolute Gasteiger partial charge is 0.338 e. The lowest BCUT2D eigenvalue weighted by atomic mass is 10.1. The molecule has 0 fully saturated rings. The SMILES string of the molecule is CC(=O)N(Nc1ccccc1)c1ccc(F)cc1C(=O)O. The number of halogens is 1. The van der Waals surface area contributed by atoms with Crippen LogP contribution >= 0.6 is 0 Å². The summed E-state index contributed by atoms with van der Waals surface area (Å²) < 4.78 is 13.2. The maximum absolute atomic E-state index is 13.2. The molecule has 21 heavy (non-hydrogen) atoms. The van der Waals surface area contributed by atoms with Crippen LogP contribution in [0.1, 0.15) is 17.3 Å². The maximum atomic E-state index is 13.2. The number of carboxylic acid groups (broad SMARTS) is 1. The molecule has 0 bridgehead atoms. The number of hydrazine groups is 1. The van der Waals surface area contributed by atoms with Crippen molar-refractivity contribution in [3.63, 3.8) is 0 Å². The van der Waals surface area contributed by atoms with Crippen molar-refractivity contribution in [1.82, 2.24) is 0 Å². The van der Waals surface area contributed by atoms with Gasteiger partial charge in [0.25, 0.3) is 0 Å². The molecule has 0 saturated heterocycles. The van der Waals surface area contributed by atoms with Gasteiger partial charge in [-0.2, -0.15) is 0 Å². The monoisotopic (exact) mass is 288 g/mol. The van der Waals surface area contributed by atoms with E-state index < -0.39 is 17.7 Å². The number of nitrogens with zero attached hydrogens (tertiary/aromatic N) is 1. The van der Waals surface area contributed by atoms with Gasteiger partial charge in [-0.1, -0.05) is 18.2 Å². The van der Waals surface area contributed by atoms with Crippen LogP contribution in [-0.4, -0.2) is 17.0 Å². The van der Waals surface area contributed by atoms with Gasteiger partial charge in [-0.05, 0) is 30.3 Å². The maximum Gasteiger partial charge on any atom is 0.338 e. The lowest BCUT2D eigenvalue weighted by Gasteiger charge is -2.24. The zero-order valence-electron chi connectivity index (χ0n) is 11.2. The minimum absolute atomic E-state index is 0.0697. The van der Waals surface area contributed by atoms with Gasteiger partial charge in [-0.3, -0.25) is 10.2 Å². The number of benzene rings is 2. The quantitative estimate of drug-likeness (QED) is 0.849. The standard InChI is InChI=1S/C15H13FN2O3/c1-10(19)18(17-12-5-3-2-4-6-12)14-8-7-11(16)9-13(14)15(20)21/h2-9,17H,1H3,(H,20,21). The number of anilines is 2. The molecule has 5 nitrogen and oxygen atoms in total. The number of para-hydroxylation sites is 1. The molecule has 0 aliphatic carbocycles. The van der Waals surface area contributed by atoms with Crippen LogP contribution in [0.4, 0.5) is 15.8 Å². The first-order valence-corrected chi connectivity index (χ1v) is 6.14. The summed E-state index contributed by atoms with van der Waals surface area (Å²) >= 11 is 0. The molecule has 2 rings (SSSR count). The second kappa shape index (κ2) is 6.04. The molecule has 0 aliphatic rings. The molecule has 0 radical (unpaired) electrons. The summed E-state index contributed by atoms with van der Waals surface area (Å²) in [6.45, 7) is 1.28. The van der Waals surface area contributed by atoms with Crippen LogP contribution in [0.3, 0.4) is 0 Å². The van der Waals surface area contributed by atoms with Gasteiger partial charge in [-0.15, -0.1) is 0 Å². The number of rotatable bonds is 4. The van der Waals surface area contributed by atoms with Crippen LogP contribution in [0.2, 0.25) is 0 Å². The fraction of sp³-hybridized carbons (Fsp3) is 0.0667. The first-order chi connectivity index (χ1) is 9.99. The largest absolute Gasteiger partial charge is 0.478 e. The number of aromatic carboxylic acids is 1. The number of hydrogen-bond acceptors (Lipinski definition) is 3. The van der Waals surface area contributed by atoms with Gasteiger partial charge in [0.2, 0.25) is 5.91 Å². The van der Waals surface area contributed by atoms with E-state index in [1.165, 1.54) is 13.0 Å². The summed E-state index contributed by atoms with van der Waals surface area (Å²) in [6.07, 6.45) is 0. The highest BCUT2D eigenvalue weighted by Crippen LogP contribution is 2.23. The Balaban J connectivity index is 2.44. The number of carbonyl (C=O) groups excluding carboxylic acids is 1. The Morgan fingerprint density at radius 3 is 2.38 bits per heavy atom. The van der Waals surface area contributed by atoms with Crippen molar-refractivity contribution in [2.75, 3.05) is 10.4 Å². The summed E-state index contributed by atoms with van der Waals surface area (Å²) in [6, 6.07) is 12.0. The molecular formula is C15H13FN2O3. The van der Waals surface area contributed by atoms with Crippen molar-refractivity contribution in [3.05, 3.63) is 59.9 Å². The molecule has 0 aromatic heterocycles. The highest BCUT2D eigenvalue weighted by Gasteiger charge is 2.20. The third-order valence-electron chi connectivity index (χ3n) is 2.76. The molecule has 1 amide bonds. The van der Waals surface area contributed by atoms with Gasteiger partial charge < -0.3 is 5.11 Å². The Hall–Kier alpha value is -2.89. The topological polar surface area (TPSA) is 69.6 Å². The average molecular weight is 288 g/mol. The molecule has 0 spiro atoms. The number of amides is 1. The van der Waals surface area contributed by atoms with E-state index in [1.54, 1.807) is 24.3 Å². The fourth-order valence-electron chi connectivity index (χ4n) is 1.82. The van der Waals surface area contributed by atoms with Crippen molar-refractivity contribution in [2.24, 2.45) is 0 Å². The van der Waals surface area contributed by atoms with Crippen LogP contribution in [0.5, 0.6) is 0 Å². The molecule has 0 atom stereocenters. The van der Waals surface area contributed by atoms with Crippen molar-refractivity contribution in [3.8, 4) is 0 Å². The Kier molecular flexibility index (Phi) is 4.18. The van der Waals surface area contributed by atoms with E-state index in [2.05, 4.69) is 5.43 Å². The zero-order chi connectivity index (χ0) is 15.4. The van der Waals surface area contributed by atoms with Gasteiger partial charge in [0, 0.05) is 6.92 Å². The van der Waals surface area contributed by atoms with Crippen LogP contribution in [0.15, 0.2) is 48.5 Å². The zero-order valence-corrected chi connectivity index (χ0v) is 11.2. The summed E-state index contributed by atoms with van der Waals surface area (Å²) in [5.74, 6) is -2.42. The van der Waals surface area contributed by atoms with E-state index in [1.807, 2.05) is 6.07 Å². The van der Waals surface area contributed by atoms with Gasteiger partial charge in [-0.25, -0.2) is 14.2 Å². The molecule has 108 valence electrons. The minimum atomic E-state index is -1.31. The molecule has 2 aromatic rings. The van der Waals surface area contributed by atoms with Crippen LogP contribution in [0, 0.1) is 5.82 Å². The van der Waals surface area contributed by atoms with Gasteiger partial charge in [0.05, 0.1) is 16.9 Å². The van der Waals surface area contributed by atoms with Crippen molar-refractivity contribution >= 4 is 23.3 Å². The summed E-state index contributed by atoms with van der Waals surface area (Å²) in [5.41, 5.74) is 3.18. The molecule has 6 heteroatoms. The normalized spacial score (nSPS) is 10.0. The van der Waals surface area contributed by atoms with E-state index in [0.29, 0.717) is 5.69 Å². The lowest BCUT2D eigenvalue weighted by Crippen LogP contribution is -2.35. The number of carbonyl (C=O) groups is 2. The lowest BCUT2D eigenvalue weighted by molar-refractivity contribution is -0.116. The third kappa shape index (κ3) is 3.36. The first kappa shape index (κ1) is 14.5. The highest BCUT2D eigenvalue weighted by molar-refractivity contribution is 6.02. The predicted octanol–water partition coefficient (Wildman–Crippen LogP) is 2.90. The highest BCUT2D eigenvalue weighted by atomic mass is 19.1. The Bertz CT molecular complexity index is 674. The van der Waals surface area contributed by atoms with E-state index in [0.717, 1.165) is 17.1 Å². The van der Waals surface area contributed by atoms with Crippen LogP contribution < -0.4 is 10.4 Å². The van der Waals surface area contributed by atoms with Crippen molar-refractivity contribution < 1.29 is 19.1 Å². The van der Waals surface area contributed by atoms with Gasteiger partial charge in [0.15, 0.2) is 0 Å². The number of nitrogens with one attached hydrogen (secondary N) is 1. The Morgan fingerprint density at radius 2 is 1.81 bits per heavy atom. The summed E-state index contributed by atoms with van der Waals surface area (Å²) in [7, 11) is 0. The molecule has 0 saturated carbocycles. The van der Waals surface area contributed by atoms with Gasteiger partial charge >= 0.3 is 5.97 Å². The first-order valence-electron chi connectivity index (χ1n) is 6.14. The molecule has 2 N–H and O–H groups in total. The van der Waals surface area contributed by atoms with E-state index in [9.17, 15) is 14.0 Å². The van der Waals surface area contributed by atoms with E-state index in [-0.39, 0.29) is 11.3 Å². The third-order valence-corrected chi connectivity index (χ3v) is 2.76. The minimum Gasteiger partial charge on any atom is -0.478 e. The number of carboxylic acids is 1. The second-order valence-corrected chi connectivity index (χ2v) is 4.30. The van der Waals surface area contributed by atoms with Crippen LogP contribution in [0.25, 0.3) is 0 Å². The van der Waals surface area contributed by atoms with Gasteiger partial charge in [0.1, 0.15) is 5.82 Å². The molecule has 0 heterocycles. The fourth-order valence-corrected chi connectivity index (χ4v) is 1.82. The molecule has 0 aliphatic heterocycles. The van der Waals surface area contributed by atoms with Crippen molar-refractivity contribution in [1.29, 1.82) is 0 Å². The van der Waals surface area contributed by atoms with Crippen LogP contribution in [-0.2, 0) is 4.79 Å². The van der Waals surface area contributed by atoms with E-state index in [4.69, 9.17) is 5.11 Å². The second-order valence-electron chi connectivity index (χ2n) is 4.30.